The van der Waals surface area contributed by atoms with Crippen molar-refractivity contribution in [1.29, 1.82) is 5.26 Å². The Bertz CT molecular complexity index is 941. The smallest absolute Gasteiger partial charge is 0.287 e. The van der Waals surface area contributed by atoms with Gasteiger partial charge >= 0.3 is 0 Å². The van der Waals surface area contributed by atoms with Crippen LogP contribution < -0.4 is 5.56 Å². The molecule has 0 bridgehead atoms. The van der Waals surface area contributed by atoms with Gasteiger partial charge in [0.1, 0.15) is 11.8 Å². The van der Waals surface area contributed by atoms with E-state index in [4.69, 9.17) is 5.26 Å². The summed E-state index contributed by atoms with van der Waals surface area (Å²) in [4.78, 5) is 17.6. The quantitative estimate of drug-likeness (QED) is 0.730. The van der Waals surface area contributed by atoms with Crippen molar-refractivity contribution in [3.05, 3.63) is 40.3 Å². The molecule has 0 aliphatic rings. The molecule has 8 heteroatoms. The molecule has 0 amide bonds. The van der Waals surface area contributed by atoms with E-state index in [1.54, 1.807) is 6.07 Å². The molecule has 2 aromatic rings. The summed E-state index contributed by atoms with van der Waals surface area (Å²) in [6.07, 6.45) is 3.54. The van der Waals surface area contributed by atoms with E-state index < -0.39 is 21.3 Å². The maximum absolute atomic E-state index is 12.3. The van der Waals surface area contributed by atoms with Gasteiger partial charge in [0.2, 0.25) is 11.6 Å². The van der Waals surface area contributed by atoms with Crippen molar-refractivity contribution in [2.75, 3.05) is 5.75 Å². The molecule has 1 aromatic carbocycles. The molecule has 0 saturated heterocycles. The monoisotopic (exact) mass is 361 g/mol. The minimum Gasteiger partial charge on any atom is -0.493 e. The average Bonchev–Trinajstić information content (AvgIpc) is 2.59. The van der Waals surface area contributed by atoms with Gasteiger partial charge in [-0.2, -0.15) is 5.26 Å². The fourth-order valence-corrected chi connectivity index (χ4v) is 3.75. The van der Waals surface area contributed by atoms with E-state index in [0.29, 0.717) is 12.0 Å². The number of aromatic hydroxyl groups is 1. The van der Waals surface area contributed by atoms with E-state index in [9.17, 15) is 18.3 Å². The second-order valence-electron chi connectivity index (χ2n) is 5.63. The Morgan fingerprint density at radius 1 is 1.20 bits per heavy atom. The predicted octanol–water partition coefficient (Wildman–Crippen LogP) is 2.37. The van der Waals surface area contributed by atoms with Crippen LogP contribution in [0.4, 0.5) is 0 Å². The lowest BCUT2D eigenvalue weighted by Gasteiger charge is -2.07. The number of sulfone groups is 1. The summed E-state index contributed by atoms with van der Waals surface area (Å²) < 4.78 is 24.6. The highest BCUT2D eigenvalue weighted by Gasteiger charge is 2.16. The molecule has 0 radical (unpaired) electrons. The predicted molar refractivity (Wildman–Crippen MR) is 92.9 cm³/mol. The fraction of sp³-hybridized carbons (Fsp3) is 0.353. The lowest BCUT2D eigenvalue weighted by Crippen LogP contribution is -2.13. The van der Waals surface area contributed by atoms with Crippen molar-refractivity contribution >= 4 is 9.84 Å². The third-order valence-corrected chi connectivity index (χ3v) is 5.57. The highest BCUT2D eigenvalue weighted by Crippen LogP contribution is 2.25. The van der Waals surface area contributed by atoms with Gasteiger partial charge in [0, 0.05) is 5.56 Å². The summed E-state index contributed by atoms with van der Waals surface area (Å²) in [5.74, 6) is -0.383. The van der Waals surface area contributed by atoms with Gasteiger partial charge in [-0.1, -0.05) is 38.3 Å². The molecule has 0 spiro atoms. The van der Waals surface area contributed by atoms with Gasteiger partial charge in [0.05, 0.1) is 10.6 Å². The Hall–Kier alpha value is -2.66. The van der Waals surface area contributed by atoms with Crippen molar-refractivity contribution in [2.45, 2.75) is 37.5 Å². The molecule has 0 aliphatic carbocycles. The Labute approximate surface area is 145 Å². The molecule has 2 N–H and O–H groups in total. The number of rotatable bonds is 7. The minimum absolute atomic E-state index is 0.0167. The summed E-state index contributed by atoms with van der Waals surface area (Å²) >= 11 is 0. The van der Waals surface area contributed by atoms with Crippen molar-refractivity contribution in [1.82, 2.24) is 9.97 Å². The zero-order valence-electron chi connectivity index (χ0n) is 13.8. The van der Waals surface area contributed by atoms with Crippen molar-refractivity contribution in [3.8, 4) is 23.2 Å². The second kappa shape index (κ2) is 7.94. The van der Waals surface area contributed by atoms with Gasteiger partial charge in [-0.3, -0.25) is 9.78 Å². The van der Waals surface area contributed by atoms with Crippen LogP contribution in [0.3, 0.4) is 0 Å². The first-order valence-electron chi connectivity index (χ1n) is 7.95. The van der Waals surface area contributed by atoms with Crippen LogP contribution in [0.25, 0.3) is 11.3 Å². The standard InChI is InChI=1S/C17H19N3O4S/c1-2-3-4-5-10-25(23,24)13-8-6-12(7-9-13)15-17(22)20-16(21)14(11-18)19-15/h6-9H,2-5,10H2,1H3,(H2,20,21,22). The number of aromatic amines is 1. The lowest BCUT2D eigenvalue weighted by atomic mass is 10.1. The summed E-state index contributed by atoms with van der Waals surface area (Å²) in [6.45, 7) is 2.06. The molecule has 7 nitrogen and oxygen atoms in total. The first-order valence-corrected chi connectivity index (χ1v) is 9.61. The maximum atomic E-state index is 12.3. The van der Waals surface area contributed by atoms with Gasteiger partial charge in [-0.05, 0) is 18.6 Å². The number of nitrogens with one attached hydrogen (secondary N) is 1. The minimum atomic E-state index is -3.36. The van der Waals surface area contributed by atoms with Crippen LogP contribution >= 0.6 is 0 Å². The van der Waals surface area contributed by atoms with Crippen molar-refractivity contribution in [2.24, 2.45) is 0 Å². The molecule has 132 valence electrons. The first-order chi connectivity index (χ1) is 11.9. The molecule has 2 rings (SSSR count). The summed E-state index contributed by atoms with van der Waals surface area (Å²) in [5, 5.41) is 18.7. The Morgan fingerprint density at radius 2 is 1.88 bits per heavy atom. The number of hydrogen-bond donors (Lipinski definition) is 2. The number of nitriles is 1. The average molecular weight is 361 g/mol. The molecule has 0 atom stereocenters. The zero-order valence-corrected chi connectivity index (χ0v) is 14.6. The second-order valence-corrected chi connectivity index (χ2v) is 7.74. The Morgan fingerprint density at radius 3 is 2.48 bits per heavy atom. The molecule has 0 saturated carbocycles. The van der Waals surface area contributed by atoms with Crippen LogP contribution in [0, 0.1) is 11.3 Å². The SMILES string of the molecule is CCCCCCS(=O)(=O)c1ccc(-c2nc(C#N)c(=O)[nH]c2O)cc1. The van der Waals surface area contributed by atoms with E-state index >= 15 is 0 Å². The van der Waals surface area contributed by atoms with Crippen molar-refractivity contribution in [3.63, 3.8) is 0 Å². The number of benzene rings is 1. The maximum Gasteiger partial charge on any atom is 0.287 e. The van der Waals surface area contributed by atoms with E-state index in [1.807, 2.05) is 0 Å². The summed E-state index contributed by atoms with van der Waals surface area (Å²) in [7, 11) is -3.36. The van der Waals surface area contributed by atoms with Crippen LogP contribution in [0.5, 0.6) is 5.88 Å². The molecular weight excluding hydrogens is 342 g/mol. The van der Waals surface area contributed by atoms with E-state index in [-0.39, 0.29) is 22.0 Å². The van der Waals surface area contributed by atoms with Gasteiger partial charge < -0.3 is 5.11 Å². The molecule has 1 heterocycles. The van der Waals surface area contributed by atoms with Crippen LogP contribution in [0.1, 0.15) is 38.3 Å². The highest BCUT2D eigenvalue weighted by molar-refractivity contribution is 7.91. The van der Waals surface area contributed by atoms with E-state index in [0.717, 1.165) is 19.3 Å². The van der Waals surface area contributed by atoms with Crippen molar-refractivity contribution < 1.29 is 13.5 Å². The molecule has 25 heavy (non-hydrogen) atoms. The zero-order chi connectivity index (χ0) is 18.4. The topological polar surface area (TPSA) is 124 Å². The normalized spacial score (nSPS) is 11.2. The van der Waals surface area contributed by atoms with Crippen LogP contribution in [0.15, 0.2) is 34.0 Å². The molecule has 1 aromatic heterocycles. The Balaban J connectivity index is 2.26. The first kappa shape index (κ1) is 18.7. The van der Waals surface area contributed by atoms with Gasteiger partial charge in [0.15, 0.2) is 9.84 Å². The number of H-pyrrole nitrogens is 1. The Kier molecular flexibility index (Phi) is 5.93. The largest absolute Gasteiger partial charge is 0.493 e. The van der Waals surface area contributed by atoms with E-state index in [2.05, 4.69) is 16.9 Å². The summed E-state index contributed by atoms with van der Waals surface area (Å²) in [5.41, 5.74) is -0.742. The van der Waals surface area contributed by atoms with Crippen LogP contribution in [-0.4, -0.2) is 29.2 Å². The summed E-state index contributed by atoms with van der Waals surface area (Å²) in [6, 6.07) is 7.48. The molecular formula is C17H19N3O4S. The third-order valence-electron chi connectivity index (χ3n) is 3.75. The lowest BCUT2D eigenvalue weighted by molar-refractivity contribution is 0.451. The van der Waals surface area contributed by atoms with Crippen LogP contribution in [0.2, 0.25) is 0 Å². The number of nitrogens with zero attached hydrogens (tertiary/aromatic N) is 2. The highest BCUT2D eigenvalue weighted by atomic mass is 32.2. The third kappa shape index (κ3) is 4.45. The fourth-order valence-electron chi connectivity index (χ4n) is 2.38. The van der Waals surface area contributed by atoms with Gasteiger partial charge in [-0.15, -0.1) is 0 Å². The van der Waals surface area contributed by atoms with Gasteiger partial charge in [0.25, 0.3) is 5.56 Å². The molecule has 0 fully saturated rings. The number of aromatic nitrogens is 2. The van der Waals surface area contributed by atoms with Gasteiger partial charge in [-0.25, -0.2) is 13.4 Å². The molecule has 0 aliphatic heterocycles. The number of unbranched alkanes of at least 4 members (excludes halogenated alkanes) is 3. The van der Waals surface area contributed by atoms with Crippen LogP contribution in [-0.2, 0) is 9.84 Å². The van der Waals surface area contributed by atoms with E-state index in [1.165, 1.54) is 24.3 Å². The molecule has 0 unspecified atom stereocenters. The number of hydrogen-bond acceptors (Lipinski definition) is 6.